The Kier molecular flexibility index (Phi) is 8.55. The molecule has 3 aliphatic heterocycles. The van der Waals surface area contributed by atoms with Gasteiger partial charge in [0, 0.05) is 17.4 Å². The van der Waals surface area contributed by atoms with Crippen molar-refractivity contribution in [2.75, 3.05) is 13.2 Å². The Bertz CT molecular complexity index is 1010. The minimum Gasteiger partial charge on any atom is -0.458 e. The van der Waals surface area contributed by atoms with Crippen LogP contribution >= 0.6 is 0 Å². The number of esters is 1. The predicted molar refractivity (Wildman–Crippen MR) is 133 cm³/mol. The third kappa shape index (κ3) is 4.96. The van der Waals surface area contributed by atoms with Crippen molar-refractivity contribution in [3.63, 3.8) is 0 Å². The number of ether oxygens (including phenoxy) is 5. The van der Waals surface area contributed by atoms with Gasteiger partial charge in [-0.25, -0.2) is 4.79 Å². The highest BCUT2D eigenvalue weighted by Gasteiger charge is 2.56. The Balaban J connectivity index is 1.33. The summed E-state index contributed by atoms with van der Waals surface area (Å²) in [6, 6.07) is 0. The fourth-order valence-electron chi connectivity index (χ4n) is 6.65. The number of fused-ring (bicyclic) bond motifs is 3. The summed E-state index contributed by atoms with van der Waals surface area (Å²) in [4.78, 5) is 12.3. The van der Waals surface area contributed by atoms with E-state index in [0.717, 1.165) is 5.57 Å². The number of hydrogen-bond donors (Lipinski definition) is 7. The molecule has 5 fully saturated rings. The summed E-state index contributed by atoms with van der Waals surface area (Å²) in [6.07, 6.45) is -14.9. The summed E-state index contributed by atoms with van der Waals surface area (Å²) < 4.78 is 28.5. The molecule has 2 saturated carbocycles. The number of rotatable bonds is 6. The van der Waals surface area contributed by atoms with Gasteiger partial charge in [0.15, 0.2) is 12.6 Å². The van der Waals surface area contributed by atoms with Crippen LogP contribution in [0.5, 0.6) is 0 Å². The largest absolute Gasteiger partial charge is 0.458 e. The summed E-state index contributed by atoms with van der Waals surface area (Å²) in [5.41, 5.74) is 2.02. The van der Waals surface area contributed by atoms with E-state index in [0.29, 0.717) is 30.4 Å². The second-order valence-electron chi connectivity index (χ2n) is 11.3. The van der Waals surface area contributed by atoms with Crippen molar-refractivity contribution < 1.29 is 64.2 Å². The third-order valence-corrected chi connectivity index (χ3v) is 9.01. The van der Waals surface area contributed by atoms with Gasteiger partial charge in [-0.2, -0.15) is 0 Å². The molecular formula is C27H38O13. The lowest BCUT2D eigenvalue weighted by Crippen LogP contribution is -2.65. The monoisotopic (exact) mass is 570 g/mol. The number of aliphatic hydroxyl groups excluding tert-OH is 7. The van der Waals surface area contributed by atoms with Gasteiger partial charge < -0.3 is 59.4 Å². The van der Waals surface area contributed by atoms with Gasteiger partial charge in [0.05, 0.1) is 19.3 Å². The Labute approximate surface area is 230 Å². The number of carbonyl (C=O) groups excluding carboxylic acids is 1. The van der Waals surface area contributed by atoms with E-state index in [4.69, 9.17) is 23.7 Å². The van der Waals surface area contributed by atoms with Crippen LogP contribution in [0.1, 0.15) is 19.3 Å². The van der Waals surface area contributed by atoms with Crippen LogP contribution in [-0.2, 0) is 28.5 Å². The SMILES string of the molecule is C=C1[C@@H]2[C@H]3OC(=O)C(=C)[C@@H]3CCC(=C)[C@@H]2C[C@@H]1O[C@@H]1O[C@@H](CO)[C@@H](O)[C@H](O[C@@H]2O[C@H](CO)[C@@H](O)[C@H](O)[C@H]2O)[C@H]1O. The smallest absolute Gasteiger partial charge is 0.334 e. The van der Waals surface area contributed by atoms with Crippen molar-refractivity contribution in [3.8, 4) is 0 Å². The molecule has 0 aromatic carbocycles. The van der Waals surface area contributed by atoms with Crippen LogP contribution in [0, 0.1) is 17.8 Å². The van der Waals surface area contributed by atoms with Crippen LogP contribution in [0.2, 0.25) is 0 Å². The van der Waals surface area contributed by atoms with E-state index in [9.17, 15) is 40.5 Å². The highest BCUT2D eigenvalue weighted by molar-refractivity contribution is 5.91. The number of aliphatic hydroxyl groups is 7. The first-order valence-corrected chi connectivity index (χ1v) is 13.5. The molecule has 0 bridgehead atoms. The molecule has 0 spiro atoms. The van der Waals surface area contributed by atoms with Crippen LogP contribution in [0.4, 0.5) is 0 Å². The number of hydrogen-bond acceptors (Lipinski definition) is 13. The Hall–Kier alpha value is -1.75. The maximum atomic E-state index is 12.3. The van der Waals surface area contributed by atoms with Gasteiger partial charge in [-0.1, -0.05) is 25.3 Å². The summed E-state index contributed by atoms with van der Waals surface area (Å²) in [7, 11) is 0. The van der Waals surface area contributed by atoms with Crippen molar-refractivity contribution >= 4 is 5.97 Å². The van der Waals surface area contributed by atoms with Crippen molar-refractivity contribution in [2.24, 2.45) is 17.8 Å². The van der Waals surface area contributed by atoms with Gasteiger partial charge in [-0.3, -0.25) is 0 Å². The molecule has 7 N–H and O–H groups in total. The summed E-state index contributed by atoms with van der Waals surface area (Å²) in [6.45, 7) is 11.0. The average Bonchev–Trinajstić information content (AvgIpc) is 3.35. The normalized spacial score (nSPS) is 49.4. The van der Waals surface area contributed by atoms with Gasteiger partial charge in [0.25, 0.3) is 0 Å². The summed E-state index contributed by atoms with van der Waals surface area (Å²) >= 11 is 0. The molecule has 5 rings (SSSR count). The van der Waals surface area contributed by atoms with Gasteiger partial charge in [-0.15, -0.1) is 0 Å². The number of carbonyl (C=O) groups is 1. The quantitative estimate of drug-likeness (QED) is 0.102. The molecule has 224 valence electrons. The van der Waals surface area contributed by atoms with Gasteiger partial charge in [-0.05, 0) is 30.8 Å². The average molecular weight is 571 g/mol. The fraction of sp³-hybridized carbons (Fsp3) is 0.741. The van der Waals surface area contributed by atoms with Crippen LogP contribution in [0.25, 0.3) is 0 Å². The zero-order chi connectivity index (χ0) is 29.0. The summed E-state index contributed by atoms with van der Waals surface area (Å²) in [5.74, 6) is -0.990. The molecule has 5 aliphatic rings. The molecule has 0 aromatic heterocycles. The Morgan fingerprint density at radius 1 is 0.800 bits per heavy atom. The van der Waals surface area contributed by atoms with E-state index in [2.05, 4.69) is 19.7 Å². The highest BCUT2D eigenvalue weighted by atomic mass is 16.7. The second-order valence-corrected chi connectivity index (χ2v) is 11.3. The molecule has 3 heterocycles. The maximum Gasteiger partial charge on any atom is 0.334 e. The van der Waals surface area contributed by atoms with Gasteiger partial charge >= 0.3 is 5.97 Å². The van der Waals surface area contributed by atoms with Crippen molar-refractivity contribution in [1.29, 1.82) is 0 Å². The molecule has 13 heteroatoms. The summed E-state index contributed by atoms with van der Waals surface area (Å²) in [5, 5.41) is 71.7. The molecule has 3 saturated heterocycles. The first-order chi connectivity index (χ1) is 19.0. The standard InChI is InChI=1S/C27H38O13/c1-9-4-5-12-10(2)25(35)39-23(12)17-11(3)14(6-13(9)17)36-27-22(34)24(19(31)16(8-29)38-27)40-26-21(33)20(32)18(30)15(7-28)37-26/h12-24,26-34H,1-8H2/t12-,13-,14-,15+,16-,17-,18+,19+,20-,21+,22+,23-,24-,26-,27+/m0/s1. The fourth-order valence-corrected chi connectivity index (χ4v) is 6.65. The van der Waals surface area contributed by atoms with Crippen molar-refractivity contribution in [2.45, 2.75) is 92.9 Å². The van der Waals surface area contributed by atoms with E-state index < -0.39 is 92.8 Å². The first kappa shape index (κ1) is 29.7. The Morgan fingerprint density at radius 3 is 2.08 bits per heavy atom. The lowest BCUT2D eigenvalue weighted by molar-refractivity contribution is -0.362. The molecule has 0 radical (unpaired) electrons. The lowest BCUT2D eigenvalue weighted by Gasteiger charge is -2.46. The van der Waals surface area contributed by atoms with Crippen LogP contribution in [0.15, 0.2) is 36.5 Å². The highest BCUT2D eigenvalue weighted by Crippen LogP contribution is 2.53. The third-order valence-electron chi connectivity index (χ3n) is 9.01. The van der Waals surface area contributed by atoms with Crippen LogP contribution < -0.4 is 0 Å². The Morgan fingerprint density at radius 2 is 1.43 bits per heavy atom. The van der Waals surface area contributed by atoms with E-state index in [1.165, 1.54) is 0 Å². The topological polar surface area (TPSA) is 205 Å². The van der Waals surface area contributed by atoms with Crippen LogP contribution in [-0.4, -0.2) is 129 Å². The zero-order valence-electron chi connectivity index (χ0n) is 21.9. The molecule has 0 amide bonds. The number of allylic oxidation sites excluding steroid dienone is 1. The van der Waals surface area contributed by atoms with Gasteiger partial charge in [0.1, 0.15) is 54.9 Å². The van der Waals surface area contributed by atoms with E-state index in [-0.39, 0.29) is 17.8 Å². The maximum absolute atomic E-state index is 12.3. The second kappa shape index (κ2) is 11.5. The van der Waals surface area contributed by atoms with E-state index >= 15 is 0 Å². The zero-order valence-corrected chi connectivity index (χ0v) is 21.9. The molecule has 13 nitrogen and oxygen atoms in total. The molecule has 40 heavy (non-hydrogen) atoms. The van der Waals surface area contributed by atoms with E-state index in [1.54, 1.807) is 0 Å². The lowest BCUT2D eigenvalue weighted by atomic mass is 9.82. The molecular weight excluding hydrogens is 532 g/mol. The minimum atomic E-state index is -1.78. The molecule has 0 aromatic rings. The molecule has 0 unspecified atom stereocenters. The first-order valence-electron chi connectivity index (χ1n) is 13.5. The van der Waals surface area contributed by atoms with Gasteiger partial charge in [0.2, 0.25) is 0 Å². The predicted octanol–water partition coefficient (Wildman–Crippen LogP) is -2.36. The van der Waals surface area contributed by atoms with Crippen molar-refractivity contribution in [3.05, 3.63) is 36.5 Å². The van der Waals surface area contributed by atoms with Crippen LogP contribution in [0.3, 0.4) is 0 Å². The van der Waals surface area contributed by atoms with E-state index in [1.807, 2.05) is 0 Å². The minimum absolute atomic E-state index is 0.104. The van der Waals surface area contributed by atoms with Crippen molar-refractivity contribution in [1.82, 2.24) is 0 Å². The molecule has 15 atom stereocenters. The molecule has 2 aliphatic carbocycles.